The van der Waals surface area contributed by atoms with Crippen LogP contribution in [-0.2, 0) is 16.0 Å². The zero-order valence-corrected chi connectivity index (χ0v) is 15.0. The molecule has 0 aliphatic rings. The van der Waals surface area contributed by atoms with Crippen molar-refractivity contribution in [2.24, 2.45) is 0 Å². The molecule has 25 heavy (non-hydrogen) atoms. The summed E-state index contributed by atoms with van der Waals surface area (Å²) in [7, 11) is 1.56. The van der Waals surface area contributed by atoms with Gasteiger partial charge in [-0.3, -0.25) is 20.4 Å². The van der Waals surface area contributed by atoms with Gasteiger partial charge in [-0.1, -0.05) is 28.1 Å². The van der Waals surface area contributed by atoms with Crippen molar-refractivity contribution in [3.8, 4) is 5.75 Å². The number of carbonyl (C=O) groups is 2. The fourth-order valence-electron chi connectivity index (χ4n) is 1.95. The molecule has 7 heteroatoms. The lowest BCUT2D eigenvalue weighted by Gasteiger charge is -2.06. The molecule has 0 saturated carbocycles. The van der Waals surface area contributed by atoms with Crippen LogP contribution < -0.4 is 15.6 Å². The fraction of sp³-hybridized carbons (Fsp3) is 0.111. The highest BCUT2D eigenvalue weighted by molar-refractivity contribution is 9.10. The first-order valence-electron chi connectivity index (χ1n) is 7.33. The number of halogens is 2. The van der Waals surface area contributed by atoms with Crippen molar-refractivity contribution in [1.82, 2.24) is 10.9 Å². The third-order valence-corrected chi connectivity index (χ3v) is 3.71. The molecule has 2 aromatic rings. The number of benzene rings is 2. The van der Waals surface area contributed by atoms with Crippen LogP contribution in [-0.4, -0.2) is 18.9 Å². The maximum atomic E-state index is 13.5. The molecular weight excluding hydrogens is 391 g/mol. The minimum absolute atomic E-state index is 0.105. The number of amides is 2. The Kier molecular flexibility index (Phi) is 6.71. The van der Waals surface area contributed by atoms with Gasteiger partial charge in [0.25, 0.3) is 5.91 Å². The fourth-order valence-corrected chi connectivity index (χ4v) is 2.33. The van der Waals surface area contributed by atoms with E-state index in [1.165, 1.54) is 12.1 Å². The smallest absolute Gasteiger partial charge is 0.262 e. The Bertz CT molecular complexity index is 791. The summed E-state index contributed by atoms with van der Waals surface area (Å²) in [6, 6.07) is 11.4. The Morgan fingerprint density at radius 3 is 2.56 bits per heavy atom. The SMILES string of the molecule is COc1ccc(CC(=O)NNC(=O)/C=C/c2cc(Br)ccc2F)cc1. The third kappa shape index (κ3) is 6.04. The number of methoxy groups -OCH3 is 1. The molecule has 2 aromatic carbocycles. The average molecular weight is 407 g/mol. The average Bonchev–Trinajstić information content (AvgIpc) is 2.61. The molecule has 0 bridgehead atoms. The van der Waals surface area contributed by atoms with Crippen LogP contribution in [0, 0.1) is 5.82 Å². The van der Waals surface area contributed by atoms with Gasteiger partial charge in [0, 0.05) is 16.1 Å². The van der Waals surface area contributed by atoms with Gasteiger partial charge in [0.15, 0.2) is 0 Å². The molecule has 130 valence electrons. The van der Waals surface area contributed by atoms with Crippen molar-refractivity contribution in [3.63, 3.8) is 0 Å². The van der Waals surface area contributed by atoms with Crippen LogP contribution in [0.1, 0.15) is 11.1 Å². The molecule has 0 saturated heterocycles. The van der Waals surface area contributed by atoms with Crippen LogP contribution in [0.15, 0.2) is 53.0 Å². The highest BCUT2D eigenvalue weighted by Crippen LogP contribution is 2.16. The first kappa shape index (κ1) is 18.7. The van der Waals surface area contributed by atoms with Crippen molar-refractivity contribution >= 4 is 33.8 Å². The van der Waals surface area contributed by atoms with E-state index in [1.54, 1.807) is 43.5 Å². The van der Waals surface area contributed by atoms with Crippen molar-refractivity contribution in [3.05, 3.63) is 70.0 Å². The van der Waals surface area contributed by atoms with Crippen LogP contribution >= 0.6 is 15.9 Å². The van der Waals surface area contributed by atoms with Gasteiger partial charge in [-0.25, -0.2) is 4.39 Å². The minimum Gasteiger partial charge on any atom is -0.497 e. The van der Waals surface area contributed by atoms with E-state index >= 15 is 0 Å². The predicted molar refractivity (Wildman–Crippen MR) is 96.1 cm³/mol. The summed E-state index contributed by atoms with van der Waals surface area (Å²) < 4.78 is 19.3. The van der Waals surface area contributed by atoms with Gasteiger partial charge in [-0.05, 0) is 42.0 Å². The van der Waals surface area contributed by atoms with Gasteiger partial charge in [-0.15, -0.1) is 0 Å². The Hall–Kier alpha value is -2.67. The van der Waals surface area contributed by atoms with Gasteiger partial charge >= 0.3 is 0 Å². The van der Waals surface area contributed by atoms with E-state index in [9.17, 15) is 14.0 Å². The second kappa shape index (κ2) is 8.98. The second-order valence-corrected chi connectivity index (χ2v) is 5.98. The maximum Gasteiger partial charge on any atom is 0.262 e. The first-order valence-corrected chi connectivity index (χ1v) is 8.12. The summed E-state index contributed by atoms with van der Waals surface area (Å²) in [5.41, 5.74) is 5.58. The normalized spacial score (nSPS) is 10.5. The number of carbonyl (C=O) groups excluding carboxylic acids is 2. The summed E-state index contributed by atoms with van der Waals surface area (Å²) in [6.45, 7) is 0. The zero-order valence-electron chi connectivity index (χ0n) is 13.4. The molecule has 0 heterocycles. The predicted octanol–water partition coefficient (Wildman–Crippen LogP) is 3.00. The van der Waals surface area contributed by atoms with Gasteiger partial charge in [0.2, 0.25) is 5.91 Å². The highest BCUT2D eigenvalue weighted by atomic mass is 79.9. The summed E-state index contributed by atoms with van der Waals surface area (Å²) in [4.78, 5) is 23.5. The van der Waals surface area contributed by atoms with Crippen molar-refractivity contribution < 1.29 is 18.7 Å². The number of ether oxygens (including phenoxy) is 1. The summed E-state index contributed by atoms with van der Waals surface area (Å²) in [5, 5.41) is 0. The summed E-state index contributed by atoms with van der Waals surface area (Å²) >= 11 is 3.23. The standard InChI is InChI=1S/C18H16BrFN2O3/c1-25-15-6-2-12(3-7-15)10-18(24)22-21-17(23)9-4-13-11-14(19)5-8-16(13)20/h2-9,11H,10H2,1H3,(H,21,23)(H,22,24)/b9-4+. The van der Waals surface area contributed by atoms with Crippen LogP contribution in [0.25, 0.3) is 6.08 Å². The topological polar surface area (TPSA) is 67.4 Å². The molecule has 0 spiro atoms. The Balaban J connectivity index is 1.83. The molecule has 0 radical (unpaired) electrons. The number of rotatable bonds is 5. The van der Waals surface area contributed by atoms with Crippen molar-refractivity contribution in [1.29, 1.82) is 0 Å². The molecule has 2 amide bonds. The number of hydrogen-bond acceptors (Lipinski definition) is 3. The van der Waals surface area contributed by atoms with Gasteiger partial charge in [0.1, 0.15) is 11.6 Å². The van der Waals surface area contributed by atoms with E-state index in [4.69, 9.17) is 4.74 Å². The van der Waals surface area contributed by atoms with E-state index in [1.807, 2.05) is 0 Å². The molecule has 0 aromatic heterocycles. The highest BCUT2D eigenvalue weighted by Gasteiger charge is 2.05. The molecule has 0 atom stereocenters. The van der Waals surface area contributed by atoms with E-state index in [0.29, 0.717) is 10.2 Å². The van der Waals surface area contributed by atoms with Gasteiger partial charge < -0.3 is 4.74 Å². The first-order chi connectivity index (χ1) is 12.0. The molecule has 2 N–H and O–H groups in total. The molecule has 0 unspecified atom stereocenters. The summed E-state index contributed by atoms with van der Waals surface area (Å²) in [6.07, 6.45) is 2.57. The Morgan fingerprint density at radius 1 is 1.16 bits per heavy atom. The summed E-state index contributed by atoms with van der Waals surface area (Å²) in [5.74, 6) is -0.693. The second-order valence-electron chi connectivity index (χ2n) is 5.06. The van der Waals surface area contributed by atoms with Crippen molar-refractivity contribution in [2.45, 2.75) is 6.42 Å². The lowest BCUT2D eigenvalue weighted by Crippen LogP contribution is -2.41. The van der Waals surface area contributed by atoms with Crippen LogP contribution in [0.4, 0.5) is 4.39 Å². The van der Waals surface area contributed by atoms with Gasteiger partial charge in [0.05, 0.1) is 13.5 Å². The number of nitrogens with one attached hydrogen (secondary N) is 2. The molecule has 0 fully saturated rings. The van der Waals surface area contributed by atoms with E-state index in [2.05, 4.69) is 26.8 Å². The molecule has 0 aliphatic heterocycles. The zero-order chi connectivity index (χ0) is 18.2. The van der Waals surface area contributed by atoms with Gasteiger partial charge in [-0.2, -0.15) is 0 Å². The van der Waals surface area contributed by atoms with Crippen LogP contribution in [0.5, 0.6) is 5.75 Å². The van der Waals surface area contributed by atoms with Crippen molar-refractivity contribution in [2.75, 3.05) is 7.11 Å². The number of hydrazine groups is 1. The van der Waals surface area contributed by atoms with Crippen LogP contribution in [0.3, 0.4) is 0 Å². The molecule has 0 aliphatic carbocycles. The van der Waals surface area contributed by atoms with E-state index < -0.39 is 11.7 Å². The third-order valence-electron chi connectivity index (χ3n) is 3.22. The lowest BCUT2D eigenvalue weighted by atomic mass is 10.1. The Morgan fingerprint density at radius 2 is 1.88 bits per heavy atom. The van der Waals surface area contributed by atoms with E-state index in [-0.39, 0.29) is 17.9 Å². The van der Waals surface area contributed by atoms with E-state index in [0.717, 1.165) is 11.6 Å². The maximum absolute atomic E-state index is 13.5. The molecular formula is C18H16BrFN2O3. The lowest BCUT2D eigenvalue weighted by molar-refractivity contribution is -0.126. The van der Waals surface area contributed by atoms with Crippen LogP contribution in [0.2, 0.25) is 0 Å². The quantitative estimate of drug-likeness (QED) is 0.592. The largest absolute Gasteiger partial charge is 0.497 e. The monoisotopic (exact) mass is 406 g/mol. The number of hydrogen-bond donors (Lipinski definition) is 2. The molecule has 5 nitrogen and oxygen atoms in total. The minimum atomic E-state index is -0.567. The Labute approximate surface area is 153 Å². The molecule has 2 rings (SSSR count).